The molecule has 0 bridgehead atoms. The lowest BCUT2D eigenvalue weighted by atomic mass is 9.93. The molecule has 6 nitrogen and oxygen atoms in total. The molecule has 0 aliphatic heterocycles. The van der Waals surface area contributed by atoms with Crippen molar-refractivity contribution < 1.29 is 13.2 Å². The minimum Gasteiger partial charge on any atom is -0.298 e. The summed E-state index contributed by atoms with van der Waals surface area (Å²) < 4.78 is 27.2. The number of carbonyl (C=O) groups excluding carboxylic acids is 1. The number of amides is 1. The molecule has 0 radical (unpaired) electrons. The number of anilines is 1. The number of thiazole rings is 1. The van der Waals surface area contributed by atoms with E-state index in [0.29, 0.717) is 5.13 Å². The fourth-order valence-electron chi connectivity index (χ4n) is 2.14. The highest BCUT2D eigenvalue weighted by molar-refractivity contribution is 7.89. The van der Waals surface area contributed by atoms with Gasteiger partial charge in [0.25, 0.3) is 5.91 Å². The summed E-state index contributed by atoms with van der Waals surface area (Å²) in [5.41, 5.74) is 1.09. The third kappa shape index (κ3) is 4.45. The Kier molecular flexibility index (Phi) is 4.70. The van der Waals surface area contributed by atoms with Crippen LogP contribution < -0.4 is 10.0 Å². The SMILES string of the molecule is CC(C)(C)c1csc(NC(=O)c2cccc(S(=O)(=O)NC3CC3)c2)n1. The van der Waals surface area contributed by atoms with Crippen LogP contribution in [0.15, 0.2) is 34.5 Å². The van der Waals surface area contributed by atoms with Gasteiger partial charge in [0.1, 0.15) is 0 Å². The molecule has 2 N–H and O–H groups in total. The molecule has 1 aromatic carbocycles. The van der Waals surface area contributed by atoms with E-state index >= 15 is 0 Å². The van der Waals surface area contributed by atoms with Crippen molar-refractivity contribution >= 4 is 32.4 Å². The van der Waals surface area contributed by atoms with E-state index in [-0.39, 0.29) is 27.8 Å². The van der Waals surface area contributed by atoms with Crippen LogP contribution in [0.5, 0.6) is 0 Å². The fraction of sp³-hybridized carbons (Fsp3) is 0.412. The first-order valence-corrected chi connectivity index (χ1v) is 10.4. The van der Waals surface area contributed by atoms with Crippen LogP contribution in [0.2, 0.25) is 0 Å². The lowest BCUT2D eigenvalue weighted by Gasteiger charge is -2.14. The number of hydrogen-bond donors (Lipinski definition) is 2. The van der Waals surface area contributed by atoms with Gasteiger partial charge in [-0.1, -0.05) is 26.8 Å². The number of nitrogens with one attached hydrogen (secondary N) is 2. The molecule has 134 valence electrons. The van der Waals surface area contributed by atoms with Gasteiger partial charge in [-0.25, -0.2) is 18.1 Å². The predicted octanol–water partition coefficient (Wildman–Crippen LogP) is 3.13. The molecular formula is C17H21N3O3S2. The summed E-state index contributed by atoms with van der Waals surface area (Å²) in [6.45, 7) is 6.15. The van der Waals surface area contributed by atoms with E-state index in [1.54, 1.807) is 12.1 Å². The van der Waals surface area contributed by atoms with E-state index in [2.05, 4.69) is 35.8 Å². The van der Waals surface area contributed by atoms with Gasteiger partial charge >= 0.3 is 0 Å². The Morgan fingerprint density at radius 3 is 2.60 bits per heavy atom. The van der Waals surface area contributed by atoms with Crippen molar-refractivity contribution in [3.63, 3.8) is 0 Å². The number of nitrogens with zero attached hydrogens (tertiary/aromatic N) is 1. The summed E-state index contributed by atoms with van der Waals surface area (Å²) in [7, 11) is -3.58. The molecule has 0 saturated heterocycles. The van der Waals surface area contributed by atoms with Gasteiger partial charge < -0.3 is 0 Å². The lowest BCUT2D eigenvalue weighted by Crippen LogP contribution is -2.26. The monoisotopic (exact) mass is 379 g/mol. The second-order valence-corrected chi connectivity index (χ2v) is 9.74. The van der Waals surface area contributed by atoms with Crippen LogP contribution in [0.25, 0.3) is 0 Å². The molecule has 1 heterocycles. The van der Waals surface area contributed by atoms with Crippen LogP contribution in [-0.2, 0) is 15.4 Å². The van der Waals surface area contributed by atoms with Gasteiger partial charge in [0.05, 0.1) is 10.6 Å². The molecule has 0 spiro atoms. The standard InChI is InChI=1S/C17H21N3O3S2/c1-17(2,3)14-10-24-16(18-14)19-15(21)11-5-4-6-13(9-11)25(22,23)20-12-7-8-12/h4-6,9-10,12,20H,7-8H2,1-3H3,(H,18,19,21). The Morgan fingerprint density at radius 1 is 1.28 bits per heavy atom. The summed E-state index contributed by atoms with van der Waals surface area (Å²) in [5.74, 6) is -0.377. The zero-order chi connectivity index (χ0) is 18.2. The number of benzene rings is 1. The largest absolute Gasteiger partial charge is 0.298 e. The first kappa shape index (κ1) is 18.0. The zero-order valence-electron chi connectivity index (χ0n) is 14.4. The number of sulfonamides is 1. The van der Waals surface area contributed by atoms with Gasteiger partial charge in [0.15, 0.2) is 5.13 Å². The molecule has 1 fully saturated rings. The van der Waals surface area contributed by atoms with Crippen LogP contribution in [0.3, 0.4) is 0 Å². The Balaban J connectivity index is 1.76. The topological polar surface area (TPSA) is 88.2 Å². The van der Waals surface area contributed by atoms with E-state index in [9.17, 15) is 13.2 Å². The molecule has 0 atom stereocenters. The van der Waals surface area contributed by atoms with Crippen molar-refractivity contribution in [2.45, 2.75) is 50.0 Å². The molecule has 0 unspecified atom stereocenters. The van der Waals surface area contributed by atoms with Crippen LogP contribution in [0, 0.1) is 0 Å². The minimum absolute atomic E-state index is 0.0219. The summed E-state index contributed by atoms with van der Waals surface area (Å²) >= 11 is 1.35. The maximum absolute atomic E-state index is 12.4. The van der Waals surface area contributed by atoms with Crippen LogP contribution in [0.1, 0.15) is 49.7 Å². The van der Waals surface area contributed by atoms with E-state index in [4.69, 9.17) is 0 Å². The predicted molar refractivity (Wildman–Crippen MR) is 98.6 cm³/mol. The van der Waals surface area contributed by atoms with Crippen molar-refractivity contribution in [1.82, 2.24) is 9.71 Å². The van der Waals surface area contributed by atoms with Crippen molar-refractivity contribution in [1.29, 1.82) is 0 Å². The number of rotatable bonds is 5. The van der Waals surface area contributed by atoms with Gasteiger partial charge in [-0.3, -0.25) is 10.1 Å². The maximum atomic E-state index is 12.4. The lowest BCUT2D eigenvalue weighted by molar-refractivity contribution is 0.102. The highest BCUT2D eigenvalue weighted by atomic mass is 32.2. The van der Waals surface area contributed by atoms with Gasteiger partial charge in [-0.05, 0) is 31.0 Å². The molecule has 8 heteroatoms. The highest BCUT2D eigenvalue weighted by Gasteiger charge is 2.28. The average molecular weight is 380 g/mol. The number of aromatic nitrogens is 1. The molecule has 1 aliphatic rings. The number of carbonyl (C=O) groups is 1. The van der Waals surface area contributed by atoms with E-state index < -0.39 is 10.0 Å². The van der Waals surface area contributed by atoms with Crippen molar-refractivity contribution in [3.05, 3.63) is 40.9 Å². The second kappa shape index (κ2) is 6.51. The normalized spacial score (nSPS) is 15.2. The van der Waals surface area contributed by atoms with Crippen molar-refractivity contribution in [3.8, 4) is 0 Å². The van der Waals surface area contributed by atoms with Crippen LogP contribution in [0.4, 0.5) is 5.13 Å². The Morgan fingerprint density at radius 2 is 2.00 bits per heavy atom. The molecule has 2 aromatic rings. The van der Waals surface area contributed by atoms with Gasteiger partial charge in [0.2, 0.25) is 10.0 Å². The van der Waals surface area contributed by atoms with Gasteiger partial charge in [-0.15, -0.1) is 11.3 Å². The Bertz CT molecular complexity index is 894. The third-order valence-corrected chi connectivity index (χ3v) is 6.07. The maximum Gasteiger partial charge on any atom is 0.257 e. The molecule has 1 saturated carbocycles. The van der Waals surface area contributed by atoms with Gasteiger partial charge in [-0.2, -0.15) is 0 Å². The quantitative estimate of drug-likeness (QED) is 0.835. The van der Waals surface area contributed by atoms with E-state index in [1.165, 1.54) is 23.5 Å². The third-order valence-electron chi connectivity index (χ3n) is 3.80. The van der Waals surface area contributed by atoms with E-state index in [1.807, 2.05) is 5.38 Å². The fourth-order valence-corrected chi connectivity index (χ4v) is 4.42. The summed E-state index contributed by atoms with van der Waals surface area (Å²) in [6, 6.07) is 6.05. The van der Waals surface area contributed by atoms with Crippen molar-refractivity contribution in [2.24, 2.45) is 0 Å². The molecule has 1 aromatic heterocycles. The van der Waals surface area contributed by atoms with Crippen molar-refractivity contribution in [2.75, 3.05) is 5.32 Å². The Labute approximate surface area is 151 Å². The van der Waals surface area contributed by atoms with Gasteiger partial charge in [0, 0.05) is 22.4 Å². The smallest absolute Gasteiger partial charge is 0.257 e. The minimum atomic E-state index is -3.58. The zero-order valence-corrected chi connectivity index (χ0v) is 16.0. The molecule has 1 aliphatic carbocycles. The van der Waals surface area contributed by atoms with Crippen LogP contribution in [-0.4, -0.2) is 25.4 Å². The molecular weight excluding hydrogens is 358 g/mol. The summed E-state index contributed by atoms with van der Waals surface area (Å²) in [6.07, 6.45) is 1.72. The second-order valence-electron chi connectivity index (χ2n) is 7.17. The Hall–Kier alpha value is -1.77. The summed E-state index contributed by atoms with van der Waals surface area (Å²) in [4.78, 5) is 16.9. The molecule has 3 rings (SSSR count). The average Bonchev–Trinajstić information content (AvgIpc) is 3.19. The molecule has 25 heavy (non-hydrogen) atoms. The highest BCUT2D eigenvalue weighted by Crippen LogP contribution is 2.27. The summed E-state index contributed by atoms with van der Waals surface area (Å²) in [5, 5.41) is 5.15. The van der Waals surface area contributed by atoms with E-state index in [0.717, 1.165) is 18.5 Å². The van der Waals surface area contributed by atoms with Crippen LogP contribution >= 0.6 is 11.3 Å². The first-order valence-electron chi connectivity index (χ1n) is 8.05. The first-order chi connectivity index (χ1) is 11.6. The molecule has 1 amide bonds. The number of hydrogen-bond acceptors (Lipinski definition) is 5.